The topological polar surface area (TPSA) is 46.3 Å². The summed E-state index contributed by atoms with van der Waals surface area (Å²) in [4.78, 5) is 12.8. The summed E-state index contributed by atoms with van der Waals surface area (Å²) in [6.07, 6.45) is 0. The van der Waals surface area contributed by atoms with E-state index in [0.717, 1.165) is 0 Å². The van der Waals surface area contributed by atoms with Gasteiger partial charge >= 0.3 is 0 Å². The Morgan fingerprint density at radius 1 is 1.53 bits per heavy atom. The van der Waals surface area contributed by atoms with Crippen molar-refractivity contribution in [2.75, 3.05) is 14.1 Å². The van der Waals surface area contributed by atoms with E-state index in [1.54, 1.807) is 31.1 Å². The lowest BCUT2D eigenvalue weighted by atomic mass is 10.1. The second-order valence-corrected chi connectivity index (χ2v) is 4.35. The third kappa shape index (κ3) is 2.76. The van der Waals surface area contributed by atoms with Crippen LogP contribution >= 0.6 is 15.9 Å². The number of likely N-dealkylation sites (N-methyl/N-ethyl adjacent to an activating group) is 1. The Bertz CT molecular complexity index is 382. The molecule has 0 spiro atoms. The van der Waals surface area contributed by atoms with Crippen LogP contribution in [0.2, 0.25) is 0 Å². The number of carbonyl (C=O) groups excluding carboxylic acids is 1. The first kappa shape index (κ1) is 12.1. The van der Waals surface area contributed by atoms with E-state index in [0.29, 0.717) is 4.47 Å². The molecule has 1 amide bonds. The first-order valence-corrected chi connectivity index (χ1v) is 5.13. The van der Waals surface area contributed by atoms with Crippen LogP contribution in [-0.2, 0) is 4.79 Å². The summed E-state index contributed by atoms with van der Waals surface area (Å²) in [5.74, 6) is -1.01. The van der Waals surface area contributed by atoms with Gasteiger partial charge in [0.05, 0.1) is 0 Å². The van der Waals surface area contributed by atoms with Gasteiger partial charge < -0.3 is 5.73 Å². The van der Waals surface area contributed by atoms with Crippen molar-refractivity contribution in [1.82, 2.24) is 4.90 Å². The van der Waals surface area contributed by atoms with Crippen LogP contribution in [0.5, 0.6) is 0 Å². The maximum Gasteiger partial charge on any atom is 0.239 e. The minimum absolute atomic E-state index is 0.280. The Balaban J connectivity index is 3.22. The highest BCUT2D eigenvalue weighted by molar-refractivity contribution is 9.10. The lowest BCUT2D eigenvalue weighted by molar-refractivity contribution is -0.122. The maximum atomic E-state index is 13.5. The second-order valence-electron chi connectivity index (χ2n) is 3.43. The van der Waals surface area contributed by atoms with E-state index < -0.39 is 17.8 Å². The standard InChI is InChI=1S/C10H12BrFN2O/c1-14(2)9(10(13)15)7-5-6(11)3-4-8(7)12/h3-5,9H,1-2H3,(H2,13,15). The highest BCUT2D eigenvalue weighted by atomic mass is 79.9. The zero-order valence-electron chi connectivity index (χ0n) is 8.50. The van der Waals surface area contributed by atoms with Gasteiger partial charge in [-0.1, -0.05) is 15.9 Å². The lowest BCUT2D eigenvalue weighted by Crippen LogP contribution is -2.33. The molecule has 5 heteroatoms. The molecule has 3 nitrogen and oxygen atoms in total. The summed E-state index contributed by atoms with van der Waals surface area (Å²) in [5, 5.41) is 0. The van der Waals surface area contributed by atoms with Crippen LogP contribution in [-0.4, -0.2) is 24.9 Å². The lowest BCUT2D eigenvalue weighted by Gasteiger charge is -2.21. The molecule has 15 heavy (non-hydrogen) atoms. The average molecular weight is 275 g/mol. The summed E-state index contributed by atoms with van der Waals surface area (Å²) in [7, 11) is 3.35. The zero-order chi connectivity index (χ0) is 11.6. The Morgan fingerprint density at radius 3 is 2.60 bits per heavy atom. The maximum absolute atomic E-state index is 13.5. The van der Waals surface area contributed by atoms with E-state index in [1.165, 1.54) is 6.07 Å². The van der Waals surface area contributed by atoms with Crippen molar-refractivity contribution in [2.24, 2.45) is 5.73 Å². The van der Waals surface area contributed by atoms with Gasteiger partial charge in [0.25, 0.3) is 0 Å². The SMILES string of the molecule is CN(C)C(C(N)=O)c1cc(Br)ccc1F. The number of hydrogen-bond donors (Lipinski definition) is 1. The molecule has 0 aliphatic rings. The predicted octanol–water partition coefficient (Wildman–Crippen LogP) is 1.68. The van der Waals surface area contributed by atoms with Gasteiger partial charge in [-0.25, -0.2) is 4.39 Å². The summed E-state index contributed by atoms with van der Waals surface area (Å²) in [5.41, 5.74) is 5.51. The summed E-state index contributed by atoms with van der Waals surface area (Å²) >= 11 is 3.23. The fraction of sp³-hybridized carbons (Fsp3) is 0.300. The zero-order valence-corrected chi connectivity index (χ0v) is 10.1. The van der Waals surface area contributed by atoms with Gasteiger partial charge in [0.2, 0.25) is 5.91 Å². The van der Waals surface area contributed by atoms with Gasteiger partial charge in [0.15, 0.2) is 0 Å². The molecule has 0 fully saturated rings. The summed E-state index contributed by atoms with van der Waals surface area (Å²) in [6, 6.07) is 3.69. The summed E-state index contributed by atoms with van der Waals surface area (Å²) in [6.45, 7) is 0. The molecule has 1 atom stereocenters. The molecule has 1 rings (SSSR count). The number of rotatable bonds is 3. The molecule has 0 radical (unpaired) electrons. The molecule has 0 bridgehead atoms. The van der Waals surface area contributed by atoms with Crippen LogP contribution in [0, 0.1) is 5.82 Å². The van der Waals surface area contributed by atoms with Gasteiger partial charge in [-0.05, 0) is 32.3 Å². The Hall–Kier alpha value is -0.940. The molecule has 1 unspecified atom stereocenters. The first-order valence-electron chi connectivity index (χ1n) is 4.34. The second kappa shape index (κ2) is 4.72. The number of amides is 1. The molecule has 0 saturated carbocycles. The first-order chi connectivity index (χ1) is 6.93. The molecule has 0 saturated heterocycles. The molecular formula is C10H12BrFN2O. The van der Waals surface area contributed by atoms with Crippen LogP contribution in [0.3, 0.4) is 0 Å². The third-order valence-electron chi connectivity index (χ3n) is 2.04. The van der Waals surface area contributed by atoms with Gasteiger partial charge in [0, 0.05) is 10.0 Å². The van der Waals surface area contributed by atoms with Gasteiger partial charge in [0.1, 0.15) is 11.9 Å². The molecule has 2 N–H and O–H groups in total. The molecule has 0 aromatic heterocycles. The van der Waals surface area contributed by atoms with E-state index in [2.05, 4.69) is 15.9 Å². The largest absolute Gasteiger partial charge is 0.368 e. The molecule has 0 aliphatic heterocycles. The van der Waals surface area contributed by atoms with Gasteiger partial charge in [-0.2, -0.15) is 0 Å². The minimum Gasteiger partial charge on any atom is -0.368 e. The van der Waals surface area contributed by atoms with Crippen molar-refractivity contribution in [3.05, 3.63) is 34.1 Å². The number of hydrogen-bond acceptors (Lipinski definition) is 2. The molecule has 0 heterocycles. The molecule has 1 aromatic rings. The van der Waals surface area contributed by atoms with Gasteiger partial charge in [-0.3, -0.25) is 9.69 Å². The molecule has 1 aromatic carbocycles. The number of carbonyl (C=O) groups is 1. The average Bonchev–Trinajstić information content (AvgIpc) is 2.10. The monoisotopic (exact) mass is 274 g/mol. The van der Waals surface area contributed by atoms with Crippen LogP contribution < -0.4 is 5.73 Å². The fourth-order valence-corrected chi connectivity index (χ4v) is 1.79. The molecule has 0 aliphatic carbocycles. The van der Waals surface area contributed by atoms with E-state index in [1.807, 2.05) is 0 Å². The highest BCUT2D eigenvalue weighted by Gasteiger charge is 2.23. The van der Waals surface area contributed by atoms with Crippen molar-refractivity contribution in [3.8, 4) is 0 Å². The third-order valence-corrected chi connectivity index (χ3v) is 2.53. The number of halogens is 2. The van der Waals surface area contributed by atoms with Crippen LogP contribution in [0.1, 0.15) is 11.6 Å². The van der Waals surface area contributed by atoms with Crippen molar-refractivity contribution in [2.45, 2.75) is 6.04 Å². The predicted molar refractivity (Wildman–Crippen MR) is 59.7 cm³/mol. The highest BCUT2D eigenvalue weighted by Crippen LogP contribution is 2.24. The van der Waals surface area contributed by atoms with E-state index >= 15 is 0 Å². The Morgan fingerprint density at radius 2 is 2.13 bits per heavy atom. The fourth-order valence-electron chi connectivity index (χ4n) is 1.41. The van der Waals surface area contributed by atoms with Crippen LogP contribution in [0.25, 0.3) is 0 Å². The Kier molecular flexibility index (Phi) is 3.82. The van der Waals surface area contributed by atoms with Gasteiger partial charge in [-0.15, -0.1) is 0 Å². The van der Waals surface area contributed by atoms with E-state index in [4.69, 9.17) is 5.73 Å². The normalized spacial score (nSPS) is 12.9. The van der Waals surface area contributed by atoms with Crippen LogP contribution in [0.15, 0.2) is 22.7 Å². The van der Waals surface area contributed by atoms with E-state index in [-0.39, 0.29) is 5.56 Å². The van der Waals surface area contributed by atoms with Crippen molar-refractivity contribution < 1.29 is 9.18 Å². The number of primary amides is 1. The number of nitrogens with zero attached hydrogens (tertiary/aromatic N) is 1. The smallest absolute Gasteiger partial charge is 0.239 e. The quantitative estimate of drug-likeness (QED) is 0.912. The molecule has 82 valence electrons. The number of benzene rings is 1. The number of nitrogens with two attached hydrogens (primary N) is 1. The van der Waals surface area contributed by atoms with Crippen molar-refractivity contribution in [1.29, 1.82) is 0 Å². The molecular weight excluding hydrogens is 263 g/mol. The Labute approximate surface area is 96.2 Å². The van der Waals surface area contributed by atoms with E-state index in [9.17, 15) is 9.18 Å². The van der Waals surface area contributed by atoms with Crippen LogP contribution in [0.4, 0.5) is 4.39 Å². The summed E-state index contributed by atoms with van der Waals surface area (Å²) < 4.78 is 14.2. The van der Waals surface area contributed by atoms with Crippen molar-refractivity contribution in [3.63, 3.8) is 0 Å². The minimum atomic E-state index is -0.748. The van der Waals surface area contributed by atoms with Crippen molar-refractivity contribution >= 4 is 21.8 Å².